The van der Waals surface area contributed by atoms with Gasteiger partial charge in [0.1, 0.15) is 0 Å². The van der Waals surface area contributed by atoms with E-state index in [1.807, 2.05) is 0 Å². The Morgan fingerprint density at radius 3 is 1.15 bits per heavy atom. The molecule has 0 atom stereocenters. The summed E-state index contributed by atoms with van der Waals surface area (Å²) in [6.07, 6.45) is 0. The van der Waals surface area contributed by atoms with Crippen molar-refractivity contribution >= 4 is 29.6 Å². The number of benzene rings is 7. The molecule has 0 radical (unpaired) electrons. The van der Waals surface area contributed by atoms with E-state index in [4.69, 9.17) is 9.31 Å². The summed E-state index contributed by atoms with van der Waals surface area (Å²) in [7, 11) is -0.442. The van der Waals surface area contributed by atoms with Crippen LogP contribution in [-0.2, 0) is 9.31 Å². The van der Waals surface area contributed by atoms with E-state index in [9.17, 15) is 0 Å². The quantitative estimate of drug-likeness (QED) is 0.150. The van der Waals surface area contributed by atoms with Gasteiger partial charge in [-0.05, 0) is 103 Å². The molecule has 0 saturated carbocycles. The molecule has 0 N–H and O–H groups in total. The summed E-state index contributed by atoms with van der Waals surface area (Å²) in [5.41, 5.74) is 12.6. The lowest BCUT2D eigenvalue weighted by molar-refractivity contribution is 0.00578. The highest BCUT2D eigenvalue weighted by Gasteiger charge is 2.51. The third-order valence-electron chi connectivity index (χ3n) is 10.5. The molecule has 0 aromatic heterocycles. The van der Waals surface area contributed by atoms with Gasteiger partial charge < -0.3 is 14.2 Å². The van der Waals surface area contributed by atoms with Gasteiger partial charge in [-0.2, -0.15) is 0 Å². The third kappa shape index (κ3) is 6.48. The number of hydrogen-bond donors (Lipinski definition) is 0. The maximum Gasteiger partial charge on any atom is 0.494 e. The third-order valence-corrected chi connectivity index (χ3v) is 10.5. The average Bonchev–Trinajstić information content (AvgIpc) is 3.42. The highest BCUT2D eigenvalue weighted by atomic mass is 16.7. The molecular formula is C48H42BNO2. The zero-order valence-corrected chi connectivity index (χ0v) is 30.2. The van der Waals surface area contributed by atoms with Gasteiger partial charge in [-0.3, -0.25) is 0 Å². The molecule has 1 aliphatic heterocycles. The standard InChI is InChI=1S/C48H42BNO2/c1-47(2)48(3,4)52-49(51-47)41-27-31-43(32-28-41)50(42-29-25-37(26-30-42)35-17-9-5-10-18-35)46-44(38-21-13-7-14-22-38)33-40(36-19-11-6-12-20-36)34-45(46)39-23-15-8-16-24-39/h5-34H,1-4H3. The van der Waals surface area contributed by atoms with Crippen LogP contribution in [0.5, 0.6) is 0 Å². The Morgan fingerprint density at radius 2 is 0.731 bits per heavy atom. The van der Waals surface area contributed by atoms with E-state index in [0.717, 1.165) is 50.3 Å². The van der Waals surface area contributed by atoms with Crippen LogP contribution in [-0.4, -0.2) is 18.3 Å². The first-order chi connectivity index (χ1) is 25.3. The summed E-state index contributed by atoms with van der Waals surface area (Å²) in [4.78, 5) is 2.40. The van der Waals surface area contributed by atoms with E-state index in [1.165, 1.54) is 16.7 Å². The molecule has 0 amide bonds. The van der Waals surface area contributed by atoms with Gasteiger partial charge in [0.25, 0.3) is 0 Å². The monoisotopic (exact) mass is 675 g/mol. The molecule has 52 heavy (non-hydrogen) atoms. The molecule has 1 aliphatic rings. The minimum absolute atomic E-state index is 0.418. The van der Waals surface area contributed by atoms with Crippen LogP contribution in [0.15, 0.2) is 182 Å². The lowest BCUT2D eigenvalue weighted by atomic mass is 9.79. The fraction of sp³-hybridized carbons (Fsp3) is 0.125. The minimum Gasteiger partial charge on any atom is -0.399 e. The molecule has 4 heteroatoms. The Balaban J connectivity index is 1.36. The fourth-order valence-electron chi connectivity index (χ4n) is 6.95. The maximum atomic E-state index is 6.45. The van der Waals surface area contributed by atoms with E-state index in [2.05, 4.69) is 215 Å². The van der Waals surface area contributed by atoms with Gasteiger partial charge in [0.2, 0.25) is 0 Å². The number of hydrogen-bond acceptors (Lipinski definition) is 3. The predicted molar refractivity (Wildman–Crippen MR) is 219 cm³/mol. The summed E-state index contributed by atoms with van der Waals surface area (Å²) in [6, 6.07) is 65.0. The molecule has 254 valence electrons. The van der Waals surface area contributed by atoms with E-state index >= 15 is 0 Å². The van der Waals surface area contributed by atoms with Crippen molar-refractivity contribution in [3.8, 4) is 44.5 Å². The van der Waals surface area contributed by atoms with Crippen molar-refractivity contribution in [3.63, 3.8) is 0 Å². The zero-order valence-electron chi connectivity index (χ0n) is 30.2. The van der Waals surface area contributed by atoms with Gasteiger partial charge in [-0.1, -0.05) is 146 Å². The van der Waals surface area contributed by atoms with Crippen LogP contribution in [0.2, 0.25) is 0 Å². The zero-order chi connectivity index (χ0) is 35.7. The number of anilines is 3. The molecule has 8 rings (SSSR count). The van der Waals surface area contributed by atoms with Crippen LogP contribution in [0, 0.1) is 0 Å². The van der Waals surface area contributed by atoms with E-state index in [1.54, 1.807) is 0 Å². The van der Waals surface area contributed by atoms with Gasteiger partial charge >= 0.3 is 7.12 Å². The highest BCUT2D eigenvalue weighted by Crippen LogP contribution is 2.49. The SMILES string of the molecule is CC1(C)OB(c2ccc(N(c3ccc(-c4ccccc4)cc3)c3c(-c4ccccc4)cc(-c4ccccc4)cc3-c3ccccc3)cc2)OC1(C)C. The Kier molecular flexibility index (Phi) is 8.88. The Hall–Kier alpha value is -5.68. The average molecular weight is 676 g/mol. The molecule has 1 saturated heterocycles. The second-order valence-electron chi connectivity index (χ2n) is 14.4. The molecule has 0 aliphatic carbocycles. The molecule has 0 unspecified atom stereocenters. The van der Waals surface area contributed by atoms with Gasteiger partial charge in [-0.25, -0.2) is 0 Å². The molecule has 0 spiro atoms. The first-order valence-electron chi connectivity index (χ1n) is 18.0. The fourth-order valence-corrected chi connectivity index (χ4v) is 6.95. The van der Waals surface area contributed by atoms with E-state index in [0.29, 0.717) is 0 Å². The van der Waals surface area contributed by atoms with Crippen molar-refractivity contribution in [2.24, 2.45) is 0 Å². The molecule has 7 aromatic rings. The van der Waals surface area contributed by atoms with Crippen molar-refractivity contribution in [2.75, 3.05) is 4.90 Å². The summed E-state index contributed by atoms with van der Waals surface area (Å²) >= 11 is 0. The smallest absolute Gasteiger partial charge is 0.399 e. The van der Waals surface area contributed by atoms with E-state index < -0.39 is 18.3 Å². The van der Waals surface area contributed by atoms with Crippen LogP contribution in [0.1, 0.15) is 27.7 Å². The molecule has 1 fully saturated rings. The molecule has 0 bridgehead atoms. The Morgan fingerprint density at radius 1 is 0.385 bits per heavy atom. The van der Waals surface area contributed by atoms with Crippen LogP contribution >= 0.6 is 0 Å². The second kappa shape index (κ2) is 13.8. The minimum atomic E-state index is -0.442. The van der Waals surface area contributed by atoms with Crippen molar-refractivity contribution in [1.29, 1.82) is 0 Å². The van der Waals surface area contributed by atoms with Crippen LogP contribution in [0.4, 0.5) is 17.1 Å². The number of rotatable bonds is 8. The topological polar surface area (TPSA) is 21.7 Å². The lowest BCUT2D eigenvalue weighted by Crippen LogP contribution is -2.41. The number of nitrogens with zero attached hydrogens (tertiary/aromatic N) is 1. The normalized spacial score (nSPS) is 14.7. The largest absolute Gasteiger partial charge is 0.494 e. The summed E-state index contributed by atoms with van der Waals surface area (Å²) in [6.45, 7) is 8.38. The van der Waals surface area contributed by atoms with Gasteiger partial charge in [0.05, 0.1) is 16.9 Å². The van der Waals surface area contributed by atoms with Gasteiger partial charge in [0, 0.05) is 22.5 Å². The highest BCUT2D eigenvalue weighted by molar-refractivity contribution is 6.62. The summed E-state index contributed by atoms with van der Waals surface area (Å²) in [5, 5.41) is 0. The predicted octanol–water partition coefficient (Wildman–Crippen LogP) is 12.1. The first kappa shape index (κ1) is 33.5. The van der Waals surface area contributed by atoms with E-state index in [-0.39, 0.29) is 0 Å². The molecular weight excluding hydrogens is 633 g/mol. The molecule has 1 heterocycles. The van der Waals surface area contributed by atoms with Crippen LogP contribution in [0.3, 0.4) is 0 Å². The lowest BCUT2D eigenvalue weighted by Gasteiger charge is -2.32. The first-order valence-corrected chi connectivity index (χ1v) is 18.0. The van der Waals surface area contributed by atoms with Crippen molar-refractivity contribution in [2.45, 2.75) is 38.9 Å². The Bertz CT molecular complexity index is 2190. The summed E-state index contributed by atoms with van der Waals surface area (Å²) < 4.78 is 12.9. The van der Waals surface area contributed by atoms with Crippen molar-refractivity contribution in [3.05, 3.63) is 182 Å². The maximum absolute atomic E-state index is 6.45. The van der Waals surface area contributed by atoms with Crippen LogP contribution < -0.4 is 10.4 Å². The summed E-state index contributed by atoms with van der Waals surface area (Å²) in [5.74, 6) is 0. The Labute approximate surface area is 308 Å². The molecule has 7 aromatic carbocycles. The second-order valence-corrected chi connectivity index (χ2v) is 14.4. The van der Waals surface area contributed by atoms with Crippen LogP contribution in [0.25, 0.3) is 44.5 Å². The van der Waals surface area contributed by atoms with Gasteiger partial charge in [0.15, 0.2) is 0 Å². The van der Waals surface area contributed by atoms with Crippen molar-refractivity contribution in [1.82, 2.24) is 0 Å². The molecule has 3 nitrogen and oxygen atoms in total. The van der Waals surface area contributed by atoms with Crippen molar-refractivity contribution < 1.29 is 9.31 Å². The van der Waals surface area contributed by atoms with Gasteiger partial charge in [-0.15, -0.1) is 0 Å².